The summed E-state index contributed by atoms with van der Waals surface area (Å²) < 4.78 is 44.2. The third-order valence-corrected chi connectivity index (χ3v) is 11.8. The number of anilines is 1. The van der Waals surface area contributed by atoms with Crippen molar-refractivity contribution in [2.24, 2.45) is 5.73 Å². The highest BCUT2D eigenvalue weighted by Gasteiger charge is 2.46. The quantitative estimate of drug-likeness (QED) is 0.0209. The van der Waals surface area contributed by atoms with Crippen LogP contribution < -0.4 is 21.1 Å². The van der Waals surface area contributed by atoms with Crippen molar-refractivity contribution in [3.63, 3.8) is 0 Å². The van der Waals surface area contributed by atoms with E-state index in [-0.39, 0.29) is 28.8 Å². The van der Waals surface area contributed by atoms with E-state index in [0.717, 1.165) is 12.8 Å². The summed E-state index contributed by atoms with van der Waals surface area (Å²) in [5.41, 5.74) is 12.6. The summed E-state index contributed by atoms with van der Waals surface area (Å²) >= 11 is 5.17. The molecular weight excluding hydrogens is 772 g/mol. The zero-order valence-electron chi connectivity index (χ0n) is 33.5. The van der Waals surface area contributed by atoms with Gasteiger partial charge in [-0.05, 0) is 25.5 Å². The fourth-order valence-electron chi connectivity index (χ4n) is 6.72. The van der Waals surface area contributed by atoms with Crippen LogP contribution >= 0.6 is 20.0 Å². The van der Waals surface area contributed by atoms with Gasteiger partial charge in [-0.25, -0.2) is 14.5 Å². The number of ether oxygens (including phenoxy) is 3. The number of aliphatic hydroxyl groups excluding tert-OH is 2. The number of thiocarbonyl (C=S) groups is 1. The van der Waals surface area contributed by atoms with Gasteiger partial charge < -0.3 is 45.0 Å². The van der Waals surface area contributed by atoms with Gasteiger partial charge in [0.1, 0.15) is 52.9 Å². The van der Waals surface area contributed by atoms with Crippen LogP contribution in [0.25, 0.3) is 11.0 Å². The average molecular weight is 835 g/mol. The lowest BCUT2D eigenvalue weighted by atomic mass is 10.0. The van der Waals surface area contributed by atoms with E-state index in [9.17, 15) is 19.6 Å². The monoisotopic (exact) mass is 834 g/mol. The molecule has 1 aliphatic heterocycles. The fraction of sp³-hybridized carbons (Fsp3) is 0.650. The van der Waals surface area contributed by atoms with Crippen LogP contribution in [0.1, 0.15) is 122 Å². The topological polar surface area (TPSA) is 216 Å². The number of aromatic nitrogens is 3. The zero-order valence-corrected chi connectivity index (χ0v) is 35.2. The maximum absolute atomic E-state index is 14.1. The normalized spacial score (nSPS) is 19.7. The first-order valence-electron chi connectivity index (χ1n) is 20.5. The van der Waals surface area contributed by atoms with Gasteiger partial charge in [-0.3, -0.25) is 9.32 Å². The molecule has 1 aliphatic rings. The second-order valence-electron chi connectivity index (χ2n) is 14.6. The zero-order chi connectivity index (χ0) is 41.0. The minimum Gasteiger partial charge on any atom is -0.464 e. The van der Waals surface area contributed by atoms with E-state index in [1.807, 2.05) is 0 Å². The van der Waals surface area contributed by atoms with Gasteiger partial charge in [-0.15, -0.1) is 0 Å². The van der Waals surface area contributed by atoms with Crippen LogP contribution in [0.3, 0.4) is 0 Å². The number of carbonyl (C=O) groups excluding carboxylic acids is 1. The number of nitrogens with one attached hydrogen (secondary N) is 1. The number of carbonyl (C=O) groups is 1. The Morgan fingerprint density at radius 1 is 0.930 bits per heavy atom. The molecule has 6 atom stereocenters. The lowest BCUT2D eigenvalue weighted by Crippen LogP contribution is -2.37. The highest BCUT2D eigenvalue weighted by molar-refractivity contribution is 7.80. The Morgan fingerprint density at radius 2 is 1.54 bits per heavy atom. The Morgan fingerprint density at radius 3 is 2.18 bits per heavy atom. The lowest BCUT2D eigenvalue weighted by Gasteiger charge is -2.24. The smallest absolute Gasteiger partial charge is 0.459 e. The number of nitrogens with zero attached hydrogens (tertiary/aromatic N) is 3. The second-order valence-corrected chi connectivity index (χ2v) is 16.7. The number of para-hydroxylation sites is 1. The standard InChI is InChI=1S/C40H63N6O9PS/c1-3-4-5-6-7-8-9-10-11-12-13-14-15-19-23-51-24-20-25-52-40(49)29(2)45-56(50,55-30-21-17-16-18-22-30)53-27-32-34(47)35(48)39(54-32)46-26-31(37(42)57)33-36(41)43-28-44-38(33)46/h16-18,21-22,26,28-29,32,34-35,39,47-48H,3-15,19-20,23-25,27H2,1-2H3,(H2,42,57)(H,45,50)(H2,41,43,44)/t29?,32?,34-,35-,39-,56?/m1/s1. The van der Waals surface area contributed by atoms with E-state index in [1.165, 1.54) is 101 Å². The molecule has 0 bridgehead atoms. The Labute approximate surface area is 342 Å². The Kier molecular flexibility index (Phi) is 20.1. The molecule has 1 fully saturated rings. The summed E-state index contributed by atoms with van der Waals surface area (Å²) in [5, 5.41) is 25.0. The van der Waals surface area contributed by atoms with Crippen molar-refractivity contribution in [2.45, 2.75) is 141 Å². The molecule has 0 saturated carbocycles. The first-order chi connectivity index (χ1) is 27.5. The summed E-state index contributed by atoms with van der Waals surface area (Å²) in [6, 6.07) is 7.17. The number of hydrogen-bond acceptors (Lipinski definition) is 13. The summed E-state index contributed by atoms with van der Waals surface area (Å²) in [4.78, 5) is 21.2. The Hall–Kier alpha value is -3.21. The van der Waals surface area contributed by atoms with Gasteiger partial charge in [0.25, 0.3) is 0 Å². The number of unbranched alkanes of at least 4 members (excludes halogenated alkanes) is 13. The highest BCUT2D eigenvalue weighted by Crippen LogP contribution is 2.46. The minimum absolute atomic E-state index is 0.0228. The predicted octanol–water partition coefficient (Wildman–Crippen LogP) is 6.88. The molecule has 17 heteroatoms. The summed E-state index contributed by atoms with van der Waals surface area (Å²) in [6.45, 7) is 4.49. The molecule has 0 spiro atoms. The number of nitrogens with two attached hydrogens (primary N) is 2. The molecule has 2 aromatic heterocycles. The summed E-state index contributed by atoms with van der Waals surface area (Å²) in [5.74, 6) is -0.336. The average Bonchev–Trinajstić information content (AvgIpc) is 3.72. The van der Waals surface area contributed by atoms with Crippen LogP contribution in [0.2, 0.25) is 0 Å². The molecule has 1 saturated heterocycles. The summed E-state index contributed by atoms with van der Waals surface area (Å²) in [6.07, 6.45) is 16.2. The van der Waals surface area contributed by atoms with E-state index in [4.69, 9.17) is 46.9 Å². The molecule has 3 unspecified atom stereocenters. The molecule has 4 rings (SSSR count). The largest absolute Gasteiger partial charge is 0.464 e. The van der Waals surface area contributed by atoms with Crippen molar-refractivity contribution >= 4 is 47.8 Å². The molecule has 0 radical (unpaired) electrons. The molecular formula is C40H63N6O9PS. The molecule has 318 valence electrons. The first kappa shape index (κ1) is 46.5. The van der Waals surface area contributed by atoms with Gasteiger partial charge in [0.15, 0.2) is 6.23 Å². The molecule has 0 amide bonds. The van der Waals surface area contributed by atoms with Crippen LogP contribution in [0.5, 0.6) is 5.75 Å². The van der Waals surface area contributed by atoms with Crippen LogP contribution in [0.15, 0.2) is 42.9 Å². The van der Waals surface area contributed by atoms with E-state index in [1.54, 1.807) is 30.3 Å². The van der Waals surface area contributed by atoms with Crippen molar-refractivity contribution in [1.29, 1.82) is 0 Å². The van der Waals surface area contributed by atoms with Gasteiger partial charge >= 0.3 is 13.7 Å². The molecule has 0 aliphatic carbocycles. The number of hydrogen-bond donors (Lipinski definition) is 5. The van der Waals surface area contributed by atoms with E-state index < -0.39 is 50.9 Å². The van der Waals surface area contributed by atoms with Gasteiger partial charge in [-0.1, -0.05) is 121 Å². The Bertz CT molecular complexity index is 1700. The molecule has 3 heterocycles. The van der Waals surface area contributed by atoms with Crippen molar-refractivity contribution < 1.29 is 42.8 Å². The summed E-state index contributed by atoms with van der Waals surface area (Å²) in [7, 11) is -4.30. The second kappa shape index (κ2) is 24.7. The van der Waals surface area contributed by atoms with Gasteiger partial charge in [0, 0.05) is 31.4 Å². The van der Waals surface area contributed by atoms with Gasteiger partial charge in [0.05, 0.1) is 18.6 Å². The molecule has 7 N–H and O–H groups in total. The third kappa shape index (κ3) is 14.8. The number of aliphatic hydroxyl groups is 2. The van der Waals surface area contributed by atoms with Crippen molar-refractivity contribution in [1.82, 2.24) is 19.6 Å². The molecule has 1 aromatic carbocycles. The number of fused-ring (bicyclic) bond motifs is 1. The van der Waals surface area contributed by atoms with Crippen molar-refractivity contribution in [3.8, 4) is 5.75 Å². The highest BCUT2D eigenvalue weighted by atomic mass is 32.1. The van der Waals surface area contributed by atoms with Crippen molar-refractivity contribution in [2.75, 3.05) is 32.2 Å². The van der Waals surface area contributed by atoms with E-state index in [0.29, 0.717) is 30.6 Å². The molecule has 15 nitrogen and oxygen atoms in total. The third-order valence-electron chi connectivity index (χ3n) is 9.92. The number of benzene rings is 1. The first-order valence-corrected chi connectivity index (χ1v) is 22.4. The SMILES string of the molecule is CCCCCCCCCCCCCCCCOCCCOC(=O)C(C)NP(=O)(OCC1O[C@@H](n2cc(C(N)=S)c3c(N)ncnc32)[C@H](O)[C@@H]1O)Oc1ccccc1. The molecule has 57 heavy (non-hydrogen) atoms. The maximum atomic E-state index is 14.1. The van der Waals surface area contributed by atoms with E-state index >= 15 is 0 Å². The number of rotatable bonds is 29. The fourth-order valence-corrected chi connectivity index (χ4v) is 8.37. The Balaban J connectivity index is 1.17. The van der Waals surface area contributed by atoms with Crippen LogP contribution in [0, 0.1) is 0 Å². The predicted molar refractivity (Wildman–Crippen MR) is 224 cm³/mol. The van der Waals surface area contributed by atoms with Crippen molar-refractivity contribution in [3.05, 3.63) is 48.4 Å². The lowest BCUT2D eigenvalue weighted by molar-refractivity contribution is -0.145. The number of esters is 1. The maximum Gasteiger partial charge on any atom is 0.459 e. The van der Waals surface area contributed by atoms with Crippen LogP contribution in [-0.4, -0.2) is 86.5 Å². The molecule has 3 aromatic rings. The minimum atomic E-state index is -4.30. The number of nitrogen functional groups attached to an aromatic ring is 1. The van der Waals surface area contributed by atoms with E-state index in [2.05, 4.69) is 22.0 Å². The van der Waals surface area contributed by atoms with Gasteiger partial charge in [0.2, 0.25) is 0 Å². The van der Waals surface area contributed by atoms with Crippen LogP contribution in [-0.2, 0) is 28.1 Å². The van der Waals surface area contributed by atoms with Gasteiger partial charge in [-0.2, -0.15) is 5.09 Å². The van der Waals surface area contributed by atoms with Crippen LogP contribution in [0.4, 0.5) is 5.82 Å².